The molecule has 0 atom stereocenters. The summed E-state index contributed by atoms with van der Waals surface area (Å²) in [6.07, 6.45) is 4.24. The third kappa shape index (κ3) is 4.47. The van der Waals surface area contributed by atoms with E-state index in [-0.39, 0.29) is 5.97 Å². The van der Waals surface area contributed by atoms with Crippen LogP contribution in [0.25, 0.3) is 0 Å². The Labute approximate surface area is 109 Å². The molecule has 6 heteroatoms. The number of hydrogen-bond acceptors (Lipinski definition) is 4. The molecule has 0 saturated carbocycles. The zero-order valence-electron chi connectivity index (χ0n) is 9.99. The second kappa shape index (κ2) is 7.45. The lowest BCUT2D eigenvalue weighted by atomic mass is 10.2. The topological polar surface area (TPSA) is 70.1 Å². The van der Waals surface area contributed by atoms with Crippen LogP contribution >= 0.6 is 15.9 Å². The molecule has 0 aliphatic carbocycles. The summed E-state index contributed by atoms with van der Waals surface area (Å²) in [6, 6.07) is 1.67. The number of nitrogens with zero attached hydrogens (tertiary/aromatic N) is 2. The Hall–Kier alpha value is -0.880. The minimum Gasteiger partial charge on any atom is -0.464 e. The summed E-state index contributed by atoms with van der Waals surface area (Å²) in [7, 11) is 1.37. The van der Waals surface area contributed by atoms with Crippen molar-refractivity contribution in [3.63, 3.8) is 0 Å². The molecule has 0 radical (unpaired) electrons. The van der Waals surface area contributed by atoms with Crippen molar-refractivity contribution in [2.24, 2.45) is 5.73 Å². The average molecular weight is 304 g/mol. The minimum absolute atomic E-state index is 0.356. The van der Waals surface area contributed by atoms with Gasteiger partial charge in [-0.3, -0.25) is 4.68 Å². The maximum absolute atomic E-state index is 11.5. The average Bonchev–Trinajstić information content (AvgIpc) is 2.69. The Balaban J connectivity index is 2.49. The highest BCUT2D eigenvalue weighted by atomic mass is 79.9. The van der Waals surface area contributed by atoms with Crippen LogP contribution in [-0.2, 0) is 11.3 Å². The fourth-order valence-electron chi connectivity index (χ4n) is 1.58. The van der Waals surface area contributed by atoms with E-state index in [1.807, 2.05) is 0 Å². The molecule has 1 aromatic heterocycles. The molecule has 1 rings (SSSR count). The molecule has 0 aromatic carbocycles. The number of esters is 1. The van der Waals surface area contributed by atoms with Gasteiger partial charge in [0.25, 0.3) is 0 Å². The number of unbranched alkanes of at least 4 members (excludes halogenated alkanes) is 3. The van der Waals surface area contributed by atoms with Crippen molar-refractivity contribution in [1.82, 2.24) is 9.78 Å². The highest BCUT2D eigenvalue weighted by Gasteiger charge is 2.14. The van der Waals surface area contributed by atoms with Gasteiger partial charge in [0.15, 0.2) is 0 Å². The van der Waals surface area contributed by atoms with Gasteiger partial charge in [-0.25, -0.2) is 4.79 Å². The van der Waals surface area contributed by atoms with Crippen molar-refractivity contribution in [3.8, 4) is 0 Å². The van der Waals surface area contributed by atoms with E-state index in [9.17, 15) is 4.79 Å². The van der Waals surface area contributed by atoms with Crippen molar-refractivity contribution in [2.75, 3.05) is 13.7 Å². The molecule has 0 unspecified atom stereocenters. The molecule has 0 saturated heterocycles. The van der Waals surface area contributed by atoms with Crippen LogP contribution in [0.4, 0.5) is 0 Å². The molecule has 5 nitrogen and oxygen atoms in total. The minimum atomic E-state index is -0.356. The van der Waals surface area contributed by atoms with E-state index in [1.54, 1.807) is 10.7 Å². The lowest BCUT2D eigenvalue weighted by Crippen LogP contribution is -2.12. The van der Waals surface area contributed by atoms with E-state index < -0.39 is 0 Å². The monoisotopic (exact) mass is 303 g/mol. The number of ether oxygens (including phenoxy) is 1. The van der Waals surface area contributed by atoms with Crippen molar-refractivity contribution in [3.05, 3.63) is 16.4 Å². The fourth-order valence-corrected chi connectivity index (χ4v) is 1.99. The van der Waals surface area contributed by atoms with E-state index in [4.69, 9.17) is 10.5 Å². The first-order chi connectivity index (χ1) is 8.19. The largest absolute Gasteiger partial charge is 0.464 e. The normalized spacial score (nSPS) is 10.5. The SMILES string of the molecule is COC(=O)c1cc(Br)nn1CCCCCCN. The van der Waals surface area contributed by atoms with Gasteiger partial charge in [-0.2, -0.15) is 5.10 Å². The number of rotatable bonds is 7. The molecule has 2 N–H and O–H groups in total. The number of aromatic nitrogens is 2. The number of aryl methyl sites for hydroxylation is 1. The number of hydrogen-bond donors (Lipinski definition) is 1. The second-order valence-electron chi connectivity index (χ2n) is 3.77. The molecule has 96 valence electrons. The van der Waals surface area contributed by atoms with E-state index in [1.165, 1.54) is 7.11 Å². The fraction of sp³-hybridized carbons (Fsp3) is 0.636. The molecule has 0 aliphatic rings. The summed E-state index contributed by atoms with van der Waals surface area (Å²) in [4.78, 5) is 11.5. The Morgan fingerprint density at radius 1 is 1.47 bits per heavy atom. The van der Waals surface area contributed by atoms with Gasteiger partial charge in [-0.15, -0.1) is 0 Å². The zero-order chi connectivity index (χ0) is 12.7. The third-order valence-electron chi connectivity index (χ3n) is 2.47. The maximum Gasteiger partial charge on any atom is 0.356 e. The lowest BCUT2D eigenvalue weighted by Gasteiger charge is -2.05. The van der Waals surface area contributed by atoms with E-state index in [0.717, 1.165) is 38.8 Å². The van der Waals surface area contributed by atoms with Gasteiger partial charge in [0.1, 0.15) is 10.3 Å². The first-order valence-electron chi connectivity index (χ1n) is 5.70. The van der Waals surface area contributed by atoms with Crippen LogP contribution in [0.2, 0.25) is 0 Å². The summed E-state index contributed by atoms with van der Waals surface area (Å²) >= 11 is 3.26. The number of methoxy groups -OCH3 is 1. The highest BCUT2D eigenvalue weighted by Crippen LogP contribution is 2.13. The summed E-state index contributed by atoms with van der Waals surface area (Å²) < 4.78 is 7.03. The standard InChI is InChI=1S/C11H18BrN3O2/c1-17-11(16)9-8-10(12)14-15(9)7-5-3-2-4-6-13/h8H,2-7,13H2,1H3. The van der Waals surface area contributed by atoms with Crippen LogP contribution in [0.3, 0.4) is 0 Å². The predicted octanol–water partition coefficient (Wildman–Crippen LogP) is 1.95. The van der Waals surface area contributed by atoms with Crippen molar-refractivity contribution in [1.29, 1.82) is 0 Å². The van der Waals surface area contributed by atoms with Gasteiger partial charge in [0.05, 0.1) is 7.11 Å². The Morgan fingerprint density at radius 3 is 2.82 bits per heavy atom. The van der Waals surface area contributed by atoms with Gasteiger partial charge in [-0.1, -0.05) is 12.8 Å². The Kier molecular flexibility index (Phi) is 6.21. The van der Waals surface area contributed by atoms with Gasteiger partial charge in [0.2, 0.25) is 0 Å². The Morgan fingerprint density at radius 2 is 2.18 bits per heavy atom. The molecular formula is C11H18BrN3O2. The molecule has 17 heavy (non-hydrogen) atoms. The molecule has 1 aromatic rings. The summed E-state index contributed by atoms with van der Waals surface area (Å²) in [5.74, 6) is -0.356. The second-order valence-corrected chi connectivity index (χ2v) is 4.58. The number of nitrogens with two attached hydrogens (primary N) is 1. The lowest BCUT2D eigenvalue weighted by molar-refractivity contribution is 0.0586. The van der Waals surface area contributed by atoms with Crippen molar-refractivity contribution in [2.45, 2.75) is 32.2 Å². The molecule has 1 heterocycles. The quantitative estimate of drug-likeness (QED) is 0.617. The molecule has 0 amide bonds. The third-order valence-corrected chi connectivity index (χ3v) is 2.86. The first-order valence-corrected chi connectivity index (χ1v) is 6.50. The first kappa shape index (κ1) is 14.2. The van der Waals surface area contributed by atoms with Crippen LogP contribution in [0.15, 0.2) is 10.7 Å². The number of halogens is 1. The van der Waals surface area contributed by atoms with Gasteiger partial charge in [0, 0.05) is 12.6 Å². The van der Waals surface area contributed by atoms with Gasteiger partial charge in [-0.05, 0) is 35.3 Å². The Bertz CT molecular complexity index is 366. The van der Waals surface area contributed by atoms with Crippen LogP contribution in [0.1, 0.15) is 36.2 Å². The highest BCUT2D eigenvalue weighted by molar-refractivity contribution is 9.10. The van der Waals surface area contributed by atoms with Crippen molar-refractivity contribution >= 4 is 21.9 Å². The van der Waals surface area contributed by atoms with Crippen LogP contribution < -0.4 is 5.73 Å². The van der Waals surface area contributed by atoms with E-state index in [0.29, 0.717) is 10.3 Å². The predicted molar refractivity (Wildman–Crippen MR) is 68.8 cm³/mol. The van der Waals surface area contributed by atoms with Crippen LogP contribution in [0.5, 0.6) is 0 Å². The summed E-state index contributed by atoms with van der Waals surface area (Å²) in [6.45, 7) is 1.46. The molecule has 0 spiro atoms. The van der Waals surface area contributed by atoms with Crippen LogP contribution in [-0.4, -0.2) is 29.4 Å². The smallest absolute Gasteiger partial charge is 0.356 e. The summed E-state index contributed by atoms with van der Waals surface area (Å²) in [5, 5.41) is 4.21. The maximum atomic E-state index is 11.5. The molecule has 0 bridgehead atoms. The number of carbonyl (C=O) groups excluding carboxylic acids is 1. The summed E-state index contributed by atoms with van der Waals surface area (Å²) in [5.41, 5.74) is 5.91. The van der Waals surface area contributed by atoms with E-state index >= 15 is 0 Å². The number of carbonyl (C=O) groups is 1. The molecule has 0 aliphatic heterocycles. The molecule has 0 fully saturated rings. The van der Waals surface area contributed by atoms with Crippen molar-refractivity contribution < 1.29 is 9.53 Å². The zero-order valence-corrected chi connectivity index (χ0v) is 11.6. The molecular weight excluding hydrogens is 286 g/mol. The van der Waals surface area contributed by atoms with Crippen LogP contribution in [0, 0.1) is 0 Å². The van der Waals surface area contributed by atoms with E-state index in [2.05, 4.69) is 21.0 Å². The van der Waals surface area contributed by atoms with Gasteiger partial charge < -0.3 is 10.5 Å². The van der Waals surface area contributed by atoms with Gasteiger partial charge >= 0.3 is 5.97 Å².